The molecule has 0 amide bonds. The van der Waals surface area contributed by atoms with Crippen molar-refractivity contribution in [2.75, 3.05) is 7.11 Å². The molecule has 8 nitrogen and oxygen atoms in total. The van der Waals surface area contributed by atoms with E-state index in [4.69, 9.17) is 9.47 Å². The molecule has 0 spiro atoms. The molecule has 0 atom stereocenters. The molecule has 0 bridgehead atoms. The lowest BCUT2D eigenvalue weighted by molar-refractivity contribution is 0.0696. The van der Waals surface area contributed by atoms with Crippen molar-refractivity contribution in [1.82, 2.24) is 9.66 Å². The second-order valence-electron chi connectivity index (χ2n) is 7.60. The van der Waals surface area contributed by atoms with Gasteiger partial charge in [-0.1, -0.05) is 28.1 Å². The van der Waals surface area contributed by atoms with Crippen LogP contribution in [0.4, 0.5) is 0 Å². The SMILES string of the molecule is COc1cc(C=Nn2c(C)nc3ccc(Br)cc3c2=O)c(Br)c(Br)c1OCc1cccc(C(=O)O)c1. The quantitative estimate of drug-likeness (QED) is 0.235. The molecule has 4 aromatic rings. The largest absolute Gasteiger partial charge is 0.493 e. The van der Waals surface area contributed by atoms with Gasteiger partial charge in [-0.05, 0) is 80.7 Å². The van der Waals surface area contributed by atoms with Crippen molar-refractivity contribution < 1.29 is 19.4 Å². The van der Waals surface area contributed by atoms with E-state index in [9.17, 15) is 14.7 Å². The van der Waals surface area contributed by atoms with Crippen LogP contribution in [0.5, 0.6) is 11.5 Å². The van der Waals surface area contributed by atoms with Crippen LogP contribution in [-0.4, -0.2) is 34.1 Å². The molecule has 184 valence electrons. The fourth-order valence-corrected chi connectivity index (χ4v) is 4.75. The molecule has 1 aromatic heterocycles. The van der Waals surface area contributed by atoms with Gasteiger partial charge in [0.15, 0.2) is 11.5 Å². The van der Waals surface area contributed by atoms with Gasteiger partial charge >= 0.3 is 5.97 Å². The van der Waals surface area contributed by atoms with E-state index >= 15 is 0 Å². The Balaban J connectivity index is 1.67. The second kappa shape index (κ2) is 10.9. The number of carboxylic acid groups (broad SMARTS) is 1. The zero-order valence-electron chi connectivity index (χ0n) is 19.0. The summed E-state index contributed by atoms with van der Waals surface area (Å²) in [5, 5.41) is 14.0. The molecule has 0 aliphatic rings. The number of ether oxygens (including phenoxy) is 2. The van der Waals surface area contributed by atoms with Crippen LogP contribution >= 0.6 is 47.8 Å². The molecule has 4 rings (SSSR count). The van der Waals surface area contributed by atoms with E-state index in [1.54, 1.807) is 43.3 Å². The number of methoxy groups -OCH3 is 1. The average molecular weight is 680 g/mol. The number of carbonyl (C=O) groups is 1. The zero-order chi connectivity index (χ0) is 26.0. The van der Waals surface area contributed by atoms with Crippen molar-refractivity contribution in [3.63, 3.8) is 0 Å². The lowest BCUT2D eigenvalue weighted by Gasteiger charge is -2.15. The molecule has 0 aliphatic heterocycles. The van der Waals surface area contributed by atoms with Crippen molar-refractivity contribution in [1.29, 1.82) is 0 Å². The Labute approximate surface area is 231 Å². The lowest BCUT2D eigenvalue weighted by Crippen LogP contribution is -2.20. The summed E-state index contributed by atoms with van der Waals surface area (Å²) < 4.78 is 14.7. The van der Waals surface area contributed by atoms with Gasteiger partial charge in [0.2, 0.25) is 0 Å². The van der Waals surface area contributed by atoms with Crippen LogP contribution in [0.1, 0.15) is 27.3 Å². The number of aromatic carboxylic acids is 1. The first-order valence-corrected chi connectivity index (χ1v) is 12.8. The number of benzene rings is 3. The van der Waals surface area contributed by atoms with Crippen molar-refractivity contribution in [2.24, 2.45) is 5.10 Å². The van der Waals surface area contributed by atoms with Crippen molar-refractivity contribution in [2.45, 2.75) is 13.5 Å². The molecular formula is C25H18Br3N3O5. The summed E-state index contributed by atoms with van der Waals surface area (Å²) in [5.74, 6) is 0.278. The highest BCUT2D eigenvalue weighted by atomic mass is 79.9. The number of halogens is 3. The van der Waals surface area contributed by atoms with E-state index in [-0.39, 0.29) is 17.7 Å². The maximum Gasteiger partial charge on any atom is 0.335 e. The van der Waals surface area contributed by atoms with Gasteiger partial charge in [0, 0.05) is 14.5 Å². The first-order chi connectivity index (χ1) is 17.2. The fraction of sp³-hybridized carbons (Fsp3) is 0.120. The van der Waals surface area contributed by atoms with E-state index in [0.717, 1.165) is 4.47 Å². The minimum absolute atomic E-state index is 0.128. The molecule has 0 radical (unpaired) electrons. The van der Waals surface area contributed by atoms with E-state index in [1.807, 2.05) is 6.07 Å². The van der Waals surface area contributed by atoms with Crippen LogP contribution in [-0.2, 0) is 6.61 Å². The Morgan fingerprint density at radius 1 is 1.14 bits per heavy atom. The first-order valence-electron chi connectivity index (χ1n) is 10.4. The summed E-state index contributed by atoms with van der Waals surface area (Å²) in [6, 6.07) is 13.5. The number of carboxylic acids is 1. The molecule has 1 heterocycles. The average Bonchev–Trinajstić information content (AvgIpc) is 2.86. The van der Waals surface area contributed by atoms with Crippen molar-refractivity contribution in [3.05, 3.63) is 94.8 Å². The number of hydrogen-bond donors (Lipinski definition) is 1. The van der Waals surface area contributed by atoms with Crippen LogP contribution in [0.25, 0.3) is 10.9 Å². The standard InChI is InChI=1S/C25H18Br3N3O5/c1-13-30-19-7-6-17(26)10-18(19)24(32)31(13)29-11-16-9-20(35-2)23(22(28)21(16)27)36-12-14-4-3-5-15(8-14)25(33)34/h3-11H,12H2,1-2H3,(H,33,34). The van der Waals surface area contributed by atoms with Crippen LogP contribution in [0.3, 0.4) is 0 Å². The van der Waals surface area contributed by atoms with Gasteiger partial charge in [-0.15, -0.1) is 0 Å². The zero-order valence-corrected chi connectivity index (χ0v) is 23.7. The van der Waals surface area contributed by atoms with E-state index in [1.165, 1.54) is 24.1 Å². The highest BCUT2D eigenvalue weighted by molar-refractivity contribution is 9.13. The minimum Gasteiger partial charge on any atom is -0.493 e. The van der Waals surface area contributed by atoms with Crippen molar-refractivity contribution in [3.8, 4) is 11.5 Å². The van der Waals surface area contributed by atoms with Crippen LogP contribution < -0.4 is 15.0 Å². The highest BCUT2D eigenvalue weighted by Gasteiger charge is 2.17. The third kappa shape index (κ3) is 5.37. The Hall–Kier alpha value is -3.02. The number of nitrogens with zero attached hydrogens (tertiary/aromatic N) is 3. The molecule has 1 N–H and O–H groups in total. The monoisotopic (exact) mass is 677 g/mol. The molecule has 3 aromatic carbocycles. The third-order valence-corrected chi connectivity index (χ3v) is 7.85. The summed E-state index contributed by atoms with van der Waals surface area (Å²) in [5.41, 5.74) is 1.79. The second-order valence-corrected chi connectivity index (χ2v) is 10.1. The Bertz CT molecular complexity index is 1580. The number of hydrogen-bond acceptors (Lipinski definition) is 6. The fourth-order valence-electron chi connectivity index (χ4n) is 3.45. The Morgan fingerprint density at radius 3 is 2.64 bits per heavy atom. The molecule has 0 unspecified atom stereocenters. The van der Waals surface area contributed by atoms with Gasteiger partial charge in [0.05, 0.1) is 34.3 Å². The molecule has 0 saturated heterocycles. The third-order valence-electron chi connectivity index (χ3n) is 5.22. The van der Waals surface area contributed by atoms with Crippen molar-refractivity contribution >= 4 is 70.9 Å². The van der Waals surface area contributed by atoms with Gasteiger partial charge in [-0.2, -0.15) is 9.78 Å². The van der Waals surface area contributed by atoms with Gasteiger partial charge in [0.1, 0.15) is 12.4 Å². The summed E-state index contributed by atoms with van der Waals surface area (Å²) in [4.78, 5) is 28.7. The lowest BCUT2D eigenvalue weighted by atomic mass is 10.1. The summed E-state index contributed by atoms with van der Waals surface area (Å²) in [6.07, 6.45) is 1.53. The minimum atomic E-state index is -1.01. The first kappa shape index (κ1) is 26.1. The van der Waals surface area contributed by atoms with Crippen LogP contribution in [0, 0.1) is 6.92 Å². The molecule has 11 heteroatoms. The van der Waals surface area contributed by atoms with Crippen LogP contribution in [0.15, 0.2) is 71.8 Å². The van der Waals surface area contributed by atoms with Gasteiger partial charge in [-0.25, -0.2) is 9.78 Å². The molecular weight excluding hydrogens is 662 g/mol. The normalized spacial score (nSPS) is 11.2. The predicted molar refractivity (Wildman–Crippen MR) is 148 cm³/mol. The van der Waals surface area contributed by atoms with Gasteiger partial charge < -0.3 is 14.6 Å². The molecule has 0 aliphatic carbocycles. The molecule has 36 heavy (non-hydrogen) atoms. The number of fused-ring (bicyclic) bond motifs is 1. The number of aryl methyl sites for hydroxylation is 1. The van der Waals surface area contributed by atoms with Crippen LogP contribution in [0.2, 0.25) is 0 Å². The topological polar surface area (TPSA) is 103 Å². The maximum atomic E-state index is 13.0. The Kier molecular flexibility index (Phi) is 7.91. The van der Waals surface area contributed by atoms with E-state index < -0.39 is 5.97 Å². The van der Waals surface area contributed by atoms with Gasteiger partial charge in [0.25, 0.3) is 5.56 Å². The van der Waals surface area contributed by atoms with Gasteiger partial charge in [-0.3, -0.25) is 4.79 Å². The molecule has 0 saturated carbocycles. The van der Waals surface area contributed by atoms with E-state index in [0.29, 0.717) is 48.3 Å². The molecule has 0 fully saturated rings. The highest BCUT2D eigenvalue weighted by Crippen LogP contribution is 2.42. The summed E-state index contributed by atoms with van der Waals surface area (Å²) in [7, 11) is 1.51. The van der Waals surface area contributed by atoms with E-state index in [2.05, 4.69) is 57.9 Å². The summed E-state index contributed by atoms with van der Waals surface area (Å²) >= 11 is 10.5. The predicted octanol–water partition coefficient (Wildman–Crippen LogP) is 6.16. The number of rotatable bonds is 7. The maximum absolute atomic E-state index is 13.0. The Morgan fingerprint density at radius 2 is 1.92 bits per heavy atom. The smallest absolute Gasteiger partial charge is 0.335 e. The summed E-state index contributed by atoms with van der Waals surface area (Å²) in [6.45, 7) is 1.84. The number of aromatic nitrogens is 2.